The molecule has 0 radical (unpaired) electrons. The topological polar surface area (TPSA) is 17.3 Å². The van der Waals surface area contributed by atoms with E-state index in [0.717, 1.165) is 6.42 Å². The van der Waals surface area contributed by atoms with E-state index in [1.807, 2.05) is 4.52 Å². The molecule has 0 atom stereocenters. The van der Waals surface area contributed by atoms with Crippen LogP contribution in [0.5, 0.6) is 0 Å². The number of hydrogen-bond acceptors (Lipinski definition) is 2. The van der Waals surface area contributed by atoms with Crippen molar-refractivity contribution in [3.8, 4) is 0 Å². The predicted molar refractivity (Wildman–Crippen MR) is 47.2 cm³/mol. The molecule has 2 heterocycles. The van der Waals surface area contributed by atoms with Crippen LogP contribution in [0.15, 0.2) is 11.4 Å². The molecule has 0 amide bonds. The van der Waals surface area contributed by atoms with Gasteiger partial charge in [-0.3, -0.25) is 0 Å². The first kappa shape index (κ1) is 6.85. The standard InChI is InChI=1S/C8H10N2S/c1-3-7-4-8-10(9-7)6(2)5-11-8/h4-5H,3H2,1-2H3. The smallest absolute Gasteiger partial charge is 0.119 e. The molecule has 2 rings (SSSR count). The minimum atomic E-state index is 1.02. The van der Waals surface area contributed by atoms with Gasteiger partial charge in [0.1, 0.15) is 4.83 Å². The highest BCUT2D eigenvalue weighted by Gasteiger charge is 2.02. The van der Waals surface area contributed by atoms with Crippen LogP contribution in [0.3, 0.4) is 0 Å². The molecule has 0 N–H and O–H groups in total. The summed E-state index contributed by atoms with van der Waals surface area (Å²) < 4.78 is 2.00. The maximum atomic E-state index is 4.42. The van der Waals surface area contributed by atoms with Crippen molar-refractivity contribution in [3.63, 3.8) is 0 Å². The van der Waals surface area contributed by atoms with Gasteiger partial charge >= 0.3 is 0 Å². The van der Waals surface area contributed by atoms with E-state index in [-0.39, 0.29) is 0 Å². The molecule has 0 bridgehead atoms. The van der Waals surface area contributed by atoms with Crippen molar-refractivity contribution in [1.82, 2.24) is 9.61 Å². The molecule has 0 aliphatic heterocycles. The molecule has 0 saturated heterocycles. The summed E-state index contributed by atoms with van der Waals surface area (Å²) in [6.07, 6.45) is 1.02. The number of rotatable bonds is 1. The molecule has 0 saturated carbocycles. The fraction of sp³-hybridized carbons (Fsp3) is 0.375. The van der Waals surface area contributed by atoms with E-state index in [1.54, 1.807) is 11.3 Å². The Kier molecular flexibility index (Phi) is 1.46. The summed E-state index contributed by atoms with van der Waals surface area (Å²) in [5, 5.41) is 6.54. The van der Waals surface area contributed by atoms with Crippen LogP contribution in [-0.4, -0.2) is 9.61 Å². The maximum absolute atomic E-state index is 4.42. The fourth-order valence-electron chi connectivity index (χ4n) is 1.12. The van der Waals surface area contributed by atoms with Crippen molar-refractivity contribution in [2.24, 2.45) is 0 Å². The lowest BCUT2D eigenvalue weighted by Crippen LogP contribution is -1.87. The molecule has 2 aromatic heterocycles. The van der Waals surface area contributed by atoms with Gasteiger partial charge in [0.25, 0.3) is 0 Å². The Hall–Kier alpha value is -0.830. The molecule has 58 valence electrons. The Balaban J connectivity index is 2.70. The first-order valence-electron chi connectivity index (χ1n) is 3.74. The van der Waals surface area contributed by atoms with E-state index in [2.05, 4.69) is 30.4 Å². The van der Waals surface area contributed by atoms with Crippen molar-refractivity contribution in [2.75, 3.05) is 0 Å². The minimum absolute atomic E-state index is 1.02. The molecule has 0 spiro atoms. The second-order valence-corrected chi connectivity index (χ2v) is 3.51. The van der Waals surface area contributed by atoms with E-state index in [0.29, 0.717) is 0 Å². The summed E-state index contributed by atoms with van der Waals surface area (Å²) in [6, 6.07) is 2.15. The zero-order chi connectivity index (χ0) is 7.84. The molecule has 2 aromatic rings. The lowest BCUT2D eigenvalue weighted by molar-refractivity contribution is 0.878. The lowest BCUT2D eigenvalue weighted by atomic mass is 10.4. The van der Waals surface area contributed by atoms with Crippen LogP contribution in [0.1, 0.15) is 18.3 Å². The Morgan fingerprint density at radius 2 is 2.45 bits per heavy atom. The van der Waals surface area contributed by atoms with Crippen molar-refractivity contribution in [3.05, 3.63) is 22.8 Å². The average Bonchev–Trinajstić information content (AvgIpc) is 2.53. The summed E-state index contributed by atoms with van der Waals surface area (Å²) in [5.74, 6) is 0. The van der Waals surface area contributed by atoms with Crippen LogP contribution in [0.25, 0.3) is 4.83 Å². The Bertz CT molecular complexity index is 372. The Morgan fingerprint density at radius 3 is 3.09 bits per heavy atom. The molecule has 3 heteroatoms. The molecular formula is C8H10N2S. The SMILES string of the molecule is CCc1cc2scc(C)n2n1. The number of aromatic nitrogens is 2. The second kappa shape index (κ2) is 2.34. The number of hydrogen-bond donors (Lipinski definition) is 0. The molecule has 0 aliphatic carbocycles. The van der Waals surface area contributed by atoms with Crippen LogP contribution in [0.4, 0.5) is 0 Å². The second-order valence-electron chi connectivity index (χ2n) is 2.62. The summed E-state index contributed by atoms with van der Waals surface area (Å²) in [7, 11) is 0. The van der Waals surface area contributed by atoms with Gasteiger partial charge in [0.05, 0.1) is 11.4 Å². The quantitative estimate of drug-likeness (QED) is 0.635. The van der Waals surface area contributed by atoms with Gasteiger partial charge in [-0.25, -0.2) is 4.52 Å². The summed E-state index contributed by atoms with van der Waals surface area (Å²) >= 11 is 1.75. The van der Waals surface area contributed by atoms with Crippen LogP contribution >= 0.6 is 11.3 Å². The Labute approximate surface area is 69.5 Å². The highest BCUT2D eigenvalue weighted by atomic mass is 32.1. The summed E-state index contributed by atoms with van der Waals surface area (Å²) in [5.41, 5.74) is 2.41. The highest BCUT2D eigenvalue weighted by molar-refractivity contribution is 7.15. The molecule has 0 aromatic carbocycles. The number of nitrogens with zero attached hydrogens (tertiary/aromatic N) is 2. The van der Waals surface area contributed by atoms with Crippen LogP contribution in [-0.2, 0) is 6.42 Å². The maximum Gasteiger partial charge on any atom is 0.119 e. The highest BCUT2D eigenvalue weighted by Crippen LogP contribution is 2.16. The van der Waals surface area contributed by atoms with Gasteiger partial charge in [-0.15, -0.1) is 11.3 Å². The van der Waals surface area contributed by atoms with Crippen molar-refractivity contribution in [1.29, 1.82) is 0 Å². The van der Waals surface area contributed by atoms with E-state index in [9.17, 15) is 0 Å². The fourth-order valence-corrected chi connectivity index (χ4v) is 2.00. The van der Waals surface area contributed by atoms with Gasteiger partial charge in [-0.05, 0) is 19.4 Å². The van der Waals surface area contributed by atoms with Gasteiger partial charge in [0.2, 0.25) is 0 Å². The molecule has 0 fully saturated rings. The van der Waals surface area contributed by atoms with E-state index < -0.39 is 0 Å². The van der Waals surface area contributed by atoms with E-state index in [4.69, 9.17) is 0 Å². The predicted octanol–water partition coefficient (Wildman–Crippen LogP) is 2.27. The number of thiazole rings is 1. The third-order valence-corrected chi connectivity index (χ3v) is 2.77. The van der Waals surface area contributed by atoms with Gasteiger partial charge in [0, 0.05) is 5.38 Å². The molecule has 0 unspecified atom stereocenters. The normalized spacial score (nSPS) is 11.1. The number of fused-ring (bicyclic) bond motifs is 1. The lowest BCUT2D eigenvalue weighted by Gasteiger charge is -1.85. The zero-order valence-corrected chi connectivity index (χ0v) is 7.48. The average molecular weight is 166 g/mol. The third kappa shape index (κ3) is 0.959. The largest absolute Gasteiger partial charge is 0.227 e. The van der Waals surface area contributed by atoms with Crippen molar-refractivity contribution < 1.29 is 0 Å². The van der Waals surface area contributed by atoms with Gasteiger partial charge in [-0.1, -0.05) is 6.92 Å². The monoisotopic (exact) mass is 166 g/mol. The molecular weight excluding hydrogens is 156 g/mol. The van der Waals surface area contributed by atoms with Gasteiger partial charge < -0.3 is 0 Å². The van der Waals surface area contributed by atoms with Crippen molar-refractivity contribution in [2.45, 2.75) is 20.3 Å². The first-order chi connectivity index (χ1) is 5.31. The molecule has 11 heavy (non-hydrogen) atoms. The van der Waals surface area contributed by atoms with E-state index >= 15 is 0 Å². The van der Waals surface area contributed by atoms with Crippen LogP contribution < -0.4 is 0 Å². The van der Waals surface area contributed by atoms with E-state index in [1.165, 1.54) is 16.2 Å². The first-order valence-corrected chi connectivity index (χ1v) is 4.62. The third-order valence-electron chi connectivity index (χ3n) is 1.77. The van der Waals surface area contributed by atoms with Gasteiger partial charge in [0.15, 0.2) is 0 Å². The van der Waals surface area contributed by atoms with Gasteiger partial charge in [-0.2, -0.15) is 5.10 Å². The summed E-state index contributed by atoms with van der Waals surface area (Å²) in [6.45, 7) is 4.21. The molecule has 2 nitrogen and oxygen atoms in total. The Morgan fingerprint density at radius 1 is 1.64 bits per heavy atom. The van der Waals surface area contributed by atoms with Crippen LogP contribution in [0.2, 0.25) is 0 Å². The zero-order valence-electron chi connectivity index (χ0n) is 6.66. The summed E-state index contributed by atoms with van der Waals surface area (Å²) in [4.78, 5) is 1.25. The van der Waals surface area contributed by atoms with Crippen molar-refractivity contribution >= 4 is 16.2 Å². The number of aryl methyl sites for hydroxylation is 2. The van der Waals surface area contributed by atoms with Crippen LogP contribution in [0, 0.1) is 6.92 Å². The molecule has 0 aliphatic rings. The minimum Gasteiger partial charge on any atom is -0.227 e.